The van der Waals surface area contributed by atoms with Gasteiger partial charge in [0, 0.05) is 12.1 Å². The van der Waals surface area contributed by atoms with Gasteiger partial charge in [0.05, 0.1) is 0 Å². The van der Waals surface area contributed by atoms with Crippen molar-refractivity contribution in [2.45, 2.75) is 19.8 Å². The number of allylic oxidation sites excluding steroid dienone is 5. The monoisotopic (exact) mass is 135 g/mol. The summed E-state index contributed by atoms with van der Waals surface area (Å²) in [4.78, 5) is 0. The molecule has 0 atom stereocenters. The van der Waals surface area contributed by atoms with E-state index in [2.05, 4.69) is 19.1 Å². The van der Waals surface area contributed by atoms with Gasteiger partial charge in [0.1, 0.15) is 0 Å². The van der Waals surface area contributed by atoms with Gasteiger partial charge in [-0.3, -0.25) is 0 Å². The van der Waals surface area contributed by atoms with Crippen LogP contribution in [0.3, 0.4) is 0 Å². The van der Waals surface area contributed by atoms with Crippen LogP contribution in [0, 0.1) is 0 Å². The third-order valence-corrected chi connectivity index (χ3v) is 1.68. The molecule has 0 bridgehead atoms. The molecule has 0 spiro atoms. The maximum atomic E-state index is 5.77. The molecule has 1 aliphatic rings. The van der Waals surface area contributed by atoms with E-state index in [4.69, 9.17) is 5.73 Å². The molecule has 0 aromatic carbocycles. The van der Waals surface area contributed by atoms with Gasteiger partial charge >= 0.3 is 0 Å². The molecule has 0 fully saturated rings. The van der Waals surface area contributed by atoms with E-state index in [9.17, 15) is 0 Å². The van der Waals surface area contributed by atoms with E-state index in [0.29, 0.717) is 0 Å². The van der Waals surface area contributed by atoms with E-state index in [1.165, 1.54) is 5.57 Å². The summed E-state index contributed by atoms with van der Waals surface area (Å²) in [6.07, 6.45) is 10.2. The molecule has 0 saturated carbocycles. The largest absolute Gasteiger partial charge is 0.402 e. The zero-order valence-corrected chi connectivity index (χ0v) is 6.30. The fourth-order valence-electron chi connectivity index (χ4n) is 1.03. The van der Waals surface area contributed by atoms with Gasteiger partial charge in [-0.15, -0.1) is 0 Å². The minimum atomic E-state index is 0.899. The molecule has 1 heteroatoms. The maximum absolute atomic E-state index is 5.77. The van der Waals surface area contributed by atoms with E-state index < -0.39 is 0 Å². The van der Waals surface area contributed by atoms with E-state index in [1.54, 1.807) is 0 Å². The predicted molar refractivity (Wildman–Crippen MR) is 44.4 cm³/mol. The molecule has 54 valence electrons. The topological polar surface area (TPSA) is 26.0 Å². The van der Waals surface area contributed by atoms with Crippen LogP contribution in [-0.4, -0.2) is 0 Å². The van der Waals surface area contributed by atoms with Crippen LogP contribution < -0.4 is 5.73 Å². The summed E-state index contributed by atoms with van der Waals surface area (Å²) in [6.45, 7) is 2.12. The van der Waals surface area contributed by atoms with Crippen molar-refractivity contribution in [3.05, 3.63) is 35.6 Å². The van der Waals surface area contributed by atoms with Crippen LogP contribution >= 0.6 is 0 Å². The second-order valence-corrected chi connectivity index (χ2v) is 2.40. The first-order chi connectivity index (χ1) is 4.84. The zero-order valence-electron chi connectivity index (χ0n) is 6.30. The highest BCUT2D eigenvalue weighted by molar-refractivity contribution is 5.30. The van der Waals surface area contributed by atoms with Crippen LogP contribution in [0.1, 0.15) is 19.8 Å². The lowest BCUT2D eigenvalue weighted by Gasteiger charge is -2.00. The molecule has 0 amide bonds. The molecule has 0 unspecified atom stereocenters. The first-order valence-electron chi connectivity index (χ1n) is 3.65. The summed E-state index contributed by atoms with van der Waals surface area (Å²) in [5, 5.41) is 0. The summed E-state index contributed by atoms with van der Waals surface area (Å²) in [7, 11) is 0. The Morgan fingerprint density at radius 2 is 2.30 bits per heavy atom. The average Bonchev–Trinajstić information content (AvgIpc) is 2.13. The minimum Gasteiger partial charge on any atom is -0.402 e. The lowest BCUT2D eigenvalue weighted by Crippen LogP contribution is -1.98. The van der Waals surface area contributed by atoms with Gasteiger partial charge in [0.2, 0.25) is 0 Å². The maximum Gasteiger partial charge on any atom is 0.0151 e. The predicted octanol–water partition coefficient (Wildman–Crippen LogP) is 2.13. The van der Waals surface area contributed by atoms with Gasteiger partial charge < -0.3 is 5.73 Å². The third-order valence-electron chi connectivity index (χ3n) is 1.68. The van der Waals surface area contributed by atoms with E-state index in [0.717, 1.165) is 18.5 Å². The van der Waals surface area contributed by atoms with Gasteiger partial charge in [-0.05, 0) is 12.0 Å². The molecule has 1 rings (SSSR count). The molecule has 0 aromatic rings. The summed E-state index contributed by atoms with van der Waals surface area (Å²) in [5.41, 5.74) is 8.04. The molecule has 1 aliphatic carbocycles. The third kappa shape index (κ3) is 1.50. The Morgan fingerprint density at radius 1 is 1.50 bits per heavy atom. The second kappa shape index (κ2) is 3.25. The smallest absolute Gasteiger partial charge is 0.0151 e. The number of hydrogen-bond donors (Lipinski definition) is 1. The van der Waals surface area contributed by atoms with Gasteiger partial charge in [-0.1, -0.05) is 31.2 Å². The van der Waals surface area contributed by atoms with Crippen molar-refractivity contribution >= 4 is 0 Å². The average molecular weight is 135 g/mol. The van der Waals surface area contributed by atoms with Crippen molar-refractivity contribution in [2.24, 2.45) is 5.73 Å². The van der Waals surface area contributed by atoms with Crippen molar-refractivity contribution in [1.29, 1.82) is 0 Å². The molecule has 0 aliphatic heterocycles. The molecule has 0 radical (unpaired) electrons. The minimum absolute atomic E-state index is 0.899. The fraction of sp³-hybridized carbons (Fsp3) is 0.333. The van der Waals surface area contributed by atoms with Crippen LogP contribution in [0.2, 0.25) is 0 Å². The summed E-state index contributed by atoms with van der Waals surface area (Å²) in [5.74, 6) is 0. The number of rotatable bonds is 1. The Bertz CT molecular complexity index is 197. The SMILES string of the molecule is CCC1=C(N)CC=CC=C1. The molecule has 2 N–H and O–H groups in total. The highest BCUT2D eigenvalue weighted by Crippen LogP contribution is 2.12. The Morgan fingerprint density at radius 3 is 3.00 bits per heavy atom. The van der Waals surface area contributed by atoms with Gasteiger partial charge in [-0.2, -0.15) is 0 Å². The molecule has 0 heterocycles. The van der Waals surface area contributed by atoms with Gasteiger partial charge in [-0.25, -0.2) is 0 Å². The Kier molecular flexibility index (Phi) is 2.32. The Balaban J connectivity index is 2.82. The number of nitrogens with two attached hydrogens (primary N) is 1. The van der Waals surface area contributed by atoms with Gasteiger partial charge in [0.15, 0.2) is 0 Å². The first kappa shape index (κ1) is 7.13. The molecule has 1 nitrogen and oxygen atoms in total. The lowest BCUT2D eigenvalue weighted by atomic mass is 10.1. The second-order valence-electron chi connectivity index (χ2n) is 2.40. The van der Waals surface area contributed by atoms with Crippen molar-refractivity contribution < 1.29 is 0 Å². The van der Waals surface area contributed by atoms with Crippen molar-refractivity contribution in [1.82, 2.24) is 0 Å². The van der Waals surface area contributed by atoms with Crippen LogP contribution in [0.4, 0.5) is 0 Å². The van der Waals surface area contributed by atoms with Crippen LogP contribution in [0.25, 0.3) is 0 Å². The zero-order chi connectivity index (χ0) is 7.40. The lowest BCUT2D eigenvalue weighted by molar-refractivity contribution is 1.05. The van der Waals surface area contributed by atoms with Crippen molar-refractivity contribution in [2.75, 3.05) is 0 Å². The van der Waals surface area contributed by atoms with Gasteiger partial charge in [0.25, 0.3) is 0 Å². The van der Waals surface area contributed by atoms with E-state index in [-0.39, 0.29) is 0 Å². The van der Waals surface area contributed by atoms with Crippen molar-refractivity contribution in [3.8, 4) is 0 Å². The standard InChI is InChI=1S/C9H13N/c1-2-8-6-4-3-5-7-9(8)10/h3-6H,2,7,10H2,1H3. The van der Waals surface area contributed by atoms with Crippen LogP contribution in [0.15, 0.2) is 35.6 Å². The number of hydrogen-bond acceptors (Lipinski definition) is 1. The highest BCUT2D eigenvalue weighted by atomic mass is 14.6. The van der Waals surface area contributed by atoms with Crippen molar-refractivity contribution in [3.63, 3.8) is 0 Å². The highest BCUT2D eigenvalue weighted by Gasteiger charge is 1.96. The fourth-order valence-corrected chi connectivity index (χ4v) is 1.03. The molecule has 0 aromatic heterocycles. The Hall–Kier alpha value is -0.980. The molecule has 10 heavy (non-hydrogen) atoms. The van der Waals surface area contributed by atoms with Crippen LogP contribution in [-0.2, 0) is 0 Å². The Labute approximate surface area is 61.9 Å². The molecular formula is C9H13N. The van der Waals surface area contributed by atoms with E-state index >= 15 is 0 Å². The molecule has 0 saturated heterocycles. The first-order valence-corrected chi connectivity index (χ1v) is 3.65. The summed E-state index contributed by atoms with van der Waals surface area (Å²) in [6, 6.07) is 0. The summed E-state index contributed by atoms with van der Waals surface area (Å²) >= 11 is 0. The summed E-state index contributed by atoms with van der Waals surface area (Å²) < 4.78 is 0. The quantitative estimate of drug-likeness (QED) is 0.585. The van der Waals surface area contributed by atoms with E-state index in [1.807, 2.05) is 12.2 Å². The van der Waals surface area contributed by atoms with Crippen LogP contribution in [0.5, 0.6) is 0 Å². The normalized spacial score (nSPS) is 17.7. The molecular weight excluding hydrogens is 122 g/mol.